The molecule has 1 fully saturated rings. The minimum Gasteiger partial charge on any atom is -0.481 e. The molecular weight excluding hydrogens is 208 g/mol. The van der Waals surface area contributed by atoms with Crippen LogP contribution in [0, 0.1) is 0 Å². The van der Waals surface area contributed by atoms with Crippen LogP contribution >= 0.6 is 0 Å². The van der Waals surface area contributed by atoms with Crippen LogP contribution in [0.2, 0.25) is 0 Å². The quantitative estimate of drug-likeness (QED) is 0.722. The molecule has 0 aromatic carbocycles. The molecule has 1 saturated heterocycles. The van der Waals surface area contributed by atoms with Crippen LogP contribution in [0.3, 0.4) is 0 Å². The predicted molar refractivity (Wildman–Crippen MR) is 62.2 cm³/mol. The first-order valence-electron chi connectivity index (χ1n) is 5.40. The van der Waals surface area contributed by atoms with Gasteiger partial charge in [0.05, 0.1) is 12.5 Å². The summed E-state index contributed by atoms with van der Waals surface area (Å²) in [6, 6.07) is 0. The van der Waals surface area contributed by atoms with Gasteiger partial charge in [-0.25, -0.2) is 0 Å². The maximum Gasteiger partial charge on any atom is 0.305 e. The smallest absolute Gasteiger partial charge is 0.305 e. The van der Waals surface area contributed by atoms with Gasteiger partial charge in [0.2, 0.25) is 0 Å². The monoisotopic (exact) mass is 228 g/mol. The van der Waals surface area contributed by atoms with Crippen LogP contribution in [0.15, 0.2) is 24.8 Å². The Hall–Kier alpha value is -1.13. The maximum absolute atomic E-state index is 10.5. The zero-order chi connectivity index (χ0) is 12.7. The van der Waals surface area contributed by atoms with Gasteiger partial charge >= 0.3 is 5.97 Å². The molecule has 92 valence electrons. The van der Waals surface area contributed by atoms with Crippen LogP contribution in [-0.4, -0.2) is 34.5 Å². The standard InChI is InChI=1S/C10H14O4.C2H6/c1-3-8-10(13)6(2)4-7(14-8)5-9(11)12;1-2/h3,7-8,10,13H,1-2,4-5H2,(H,11,12);1-2H3/t7-,8?,10-;/m0./s1. The molecule has 2 N–H and O–H groups in total. The number of aliphatic hydroxyl groups is 1. The molecule has 0 saturated carbocycles. The first-order valence-corrected chi connectivity index (χ1v) is 5.40. The van der Waals surface area contributed by atoms with E-state index in [0.717, 1.165) is 0 Å². The highest BCUT2D eigenvalue weighted by molar-refractivity contribution is 5.67. The van der Waals surface area contributed by atoms with Crippen molar-refractivity contribution >= 4 is 5.97 Å². The zero-order valence-corrected chi connectivity index (χ0v) is 9.85. The summed E-state index contributed by atoms with van der Waals surface area (Å²) in [4.78, 5) is 10.5. The van der Waals surface area contributed by atoms with Crippen molar-refractivity contribution in [2.24, 2.45) is 0 Å². The van der Waals surface area contributed by atoms with E-state index in [0.29, 0.717) is 12.0 Å². The molecule has 1 aliphatic rings. The van der Waals surface area contributed by atoms with Crippen molar-refractivity contribution in [3.63, 3.8) is 0 Å². The highest BCUT2D eigenvalue weighted by Gasteiger charge is 2.31. The molecule has 0 bridgehead atoms. The molecule has 4 nitrogen and oxygen atoms in total. The van der Waals surface area contributed by atoms with Crippen molar-refractivity contribution in [1.29, 1.82) is 0 Å². The van der Waals surface area contributed by atoms with E-state index in [1.165, 1.54) is 6.08 Å². The van der Waals surface area contributed by atoms with Crippen LogP contribution in [0.4, 0.5) is 0 Å². The minimum atomic E-state index is -0.915. The Morgan fingerprint density at radius 2 is 2.19 bits per heavy atom. The van der Waals surface area contributed by atoms with Gasteiger partial charge in [-0.3, -0.25) is 4.79 Å². The Balaban J connectivity index is 0.00000106. The molecule has 16 heavy (non-hydrogen) atoms. The lowest BCUT2D eigenvalue weighted by atomic mass is 9.95. The molecule has 0 radical (unpaired) electrons. The van der Waals surface area contributed by atoms with E-state index in [1.54, 1.807) is 0 Å². The lowest BCUT2D eigenvalue weighted by molar-refractivity contribution is -0.143. The number of rotatable bonds is 3. The summed E-state index contributed by atoms with van der Waals surface area (Å²) in [6.45, 7) is 11.2. The number of carboxylic acid groups (broad SMARTS) is 1. The van der Waals surface area contributed by atoms with Gasteiger partial charge in [0.15, 0.2) is 0 Å². The van der Waals surface area contributed by atoms with Gasteiger partial charge in [0.25, 0.3) is 0 Å². The summed E-state index contributed by atoms with van der Waals surface area (Å²) in [5, 5.41) is 18.1. The highest BCUT2D eigenvalue weighted by Crippen LogP contribution is 2.25. The fourth-order valence-electron chi connectivity index (χ4n) is 1.49. The Bertz CT molecular complexity index is 260. The third-order valence-electron chi connectivity index (χ3n) is 2.20. The first kappa shape index (κ1) is 14.9. The number of hydrogen-bond donors (Lipinski definition) is 2. The number of aliphatic carboxylic acids is 1. The van der Waals surface area contributed by atoms with E-state index < -0.39 is 24.3 Å². The van der Waals surface area contributed by atoms with Gasteiger partial charge in [-0.1, -0.05) is 26.5 Å². The third-order valence-corrected chi connectivity index (χ3v) is 2.20. The summed E-state index contributed by atoms with van der Waals surface area (Å²) in [5.41, 5.74) is 0.604. The molecule has 0 aliphatic carbocycles. The van der Waals surface area contributed by atoms with Crippen molar-refractivity contribution < 1.29 is 19.7 Å². The molecule has 0 spiro atoms. The molecule has 1 heterocycles. The Kier molecular flexibility index (Phi) is 6.69. The fraction of sp³-hybridized carbons (Fsp3) is 0.583. The van der Waals surface area contributed by atoms with Crippen LogP contribution in [0.5, 0.6) is 0 Å². The van der Waals surface area contributed by atoms with Crippen molar-refractivity contribution in [3.05, 3.63) is 24.8 Å². The third kappa shape index (κ3) is 4.16. The van der Waals surface area contributed by atoms with Gasteiger partial charge in [-0.05, 0) is 12.0 Å². The molecule has 0 aromatic rings. The molecule has 3 atom stereocenters. The highest BCUT2D eigenvalue weighted by atomic mass is 16.5. The number of carboxylic acids is 1. The Morgan fingerprint density at radius 3 is 2.62 bits per heavy atom. The van der Waals surface area contributed by atoms with Crippen molar-refractivity contribution in [2.45, 2.75) is 45.0 Å². The van der Waals surface area contributed by atoms with Gasteiger partial charge in [-0.2, -0.15) is 0 Å². The molecule has 1 rings (SSSR count). The average Bonchev–Trinajstić information content (AvgIpc) is 2.25. The molecule has 1 aliphatic heterocycles. The van der Waals surface area contributed by atoms with Crippen LogP contribution < -0.4 is 0 Å². The van der Waals surface area contributed by atoms with Crippen molar-refractivity contribution in [2.75, 3.05) is 0 Å². The molecular formula is C12H20O4. The summed E-state index contributed by atoms with van der Waals surface area (Å²) in [5.74, 6) is -0.915. The second-order valence-corrected chi connectivity index (χ2v) is 3.36. The van der Waals surface area contributed by atoms with Gasteiger partial charge in [-0.15, -0.1) is 6.58 Å². The van der Waals surface area contributed by atoms with E-state index in [1.807, 2.05) is 13.8 Å². The fourth-order valence-corrected chi connectivity index (χ4v) is 1.49. The van der Waals surface area contributed by atoms with E-state index in [4.69, 9.17) is 9.84 Å². The van der Waals surface area contributed by atoms with Crippen molar-refractivity contribution in [3.8, 4) is 0 Å². The van der Waals surface area contributed by atoms with E-state index in [-0.39, 0.29) is 6.42 Å². The summed E-state index contributed by atoms with van der Waals surface area (Å²) < 4.78 is 5.32. The molecule has 1 unspecified atom stereocenters. The lowest BCUT2D eigenvalue weighted by Crippen LogP contribution is -2.39. The topological polar surface area (TPSA) is 66.8 Å². The van der Waals surface area contributed by atoms with Gasteiger partial charge in [0, 0.05) is 0 Å². The zero-order valence-electron chi connectivity index (χ0n) is 9.85. The summed E-state index contributed by atoms with van der Waals surface area (Å²) in [7, 11) is 0. The number of carbonyl (C=O) groups is 1. The van der Waals surface area contributed by atoms with E-state index >= 15 is 0 Å². The van der Waals surface area contributed by atoms with E-state index in [9.17, 15) is 9.90 Å². The van der Waals surface area contributed by atoms with E-state index in [2.05, 4.69) is 13.2 Å². The second kappa shape index (κ2) is 7.19. The van der Waals surface area contributed by atoms with Crippen LogP contribution in [-0.2, 0) is 9.53 Å². The first-order chi connectivity index (χ1) is 7.54. The van der Waals surface area contributed by atoms with Crippen LogP contribution in [0.1, 0.15) is 26.7 Å². The predicted octanol–water partition coefficient (Wildman–Crippen LogP) is 1.75. The minimum absolute atomic E-state index is 0.0733. The number of ether oxygens (including phenoxy) is 1. The maximum atomic E-state index is 10.5. The normalized spacial score (nSPS) is 28.9. The number of aliphatic hydroxyl groups excluding tert-OH is 1. The SMILES string of the molecule is C=CC1O[C@H](CC(=O)O)CC(=C)[C@@H]1O.CC. The molecule has 4 heteroatoms. The largest absolute Gasteiger partial charge is 0.481 e. The number of hydrogen-bond acceptors (Lipinski definition) is 3. The van der Waals surface area contributed by atoms with Crippen molar-refractivity contribution in [1.82, 2.24) is 0 Å². The molecule has 0 amide bonds. The summed E-state index contributed by atoms with van der Waals surface area (Å²) in [6.07, 6.45) is 0.0575. The Labute approximate surface area is 96.2 Å². The average molecular weight is 228 g/mol. The van der Waals surface area contributed by atoms with Gasteiger partial charge in [0.1, 0.15) is 12.2 Å². The summed E-state index contributed by atoms with van der Waals surface area (Å²) >= 11 is 0. The van der Waals surface area contributed by atoms with Crippen LogP contribution in [0.25, 0.3) is 0 Å². The second-order valence-electron chi connectivity index (χ2n) is 3.36. The van der Waals surface area contributed by atoms with Gasteiger partial charge < -0.3 is 14.9 Å². The Morgan fingerprint density at radius 1 is 1.62 bits per heavy atom. The molecule has 0 aromatic heterocycles. The lowest BCUT2D eigenvalue weighted by Gasteiger charge is -2.33.